The number of carbonyl (C=O) groups excluding carboxylic acids is 4. The number of oxime groups is 2. The number of nitrogens with zero attached hydrogens (tertiary/aromatic N) is 5. The van der Waals surface area contributed by atoms with E-state index >= 15 is 0 Å². The number of hydrogen-bond acceptors (Lipinski definition) is 8. The van der Waals surface area contributed by atoms with Crippen molar-refractivity contribution in [2.24, 2.45) is 10.3 Å². The normalized spacial score (nSPS) is 19.9. The molecule has 2 saturated heterocycles. The number of halogens is 6. The van der Waals surface area contributed by atoms with Gasteiger partial charge in [0.25, 0.3) is 11.8 Å². The Morgan fingerprint density at radius 2 is 1.22 bits per heavy atom. The lowest BCUT2D eigenvalue weighted by Crippen LogP contribution is -2.33. The molecule has 4 aliphatic heterocycles. The molecule has 0 bridgehead atoms. The lowest BCUT2D eigenvalue weighted by atomic mass is 9.88. The molecular weight excluding hydrogens is 1040 g/mol. The van der Waals surface area contributed by atoms with Crippen LogP contribution >= 0.6 is 45.8 Å². The SMILES string of the molecule is CCCI.Cc1cc(Cl)cc(C2(C)CC(c3ccc(C(=O)N4CC(=O)N(CCC(F)(F)F)C4)c(C)c3)=NO2)c1.Cc1cc(Cl)cc(C2(C)CC(c3ccc(C(=O)N4CNC(=O)C4)c(C)c3)=NO2)c1. The van der Waals surface area contributed by atoms with Crippen LogP contribution in [0.1, 0.15) is 112 Å². The number of aryl methyl sites for hydroxylation is 4. The molecule has 4 aliphatic rings. The molecule has 1 N–H and O–H groups in total. The molecule has 362 valence electrons. The van der Waals surface area contributed by atoms with Gasteiger partial charge in [0.1, 0.15) is 13.1 Å². The Morgan fingerprint density at radius 1 is 0.750 bits per heavy atom. The minimum atomic E-state index is -4.36. The molecule has 2 fully saturated rings. The maximum Gasteiger partial charge on any atom is 0.390 e. The van der Waals surface area contributed by atoms with Crippen molar-refractivity contribution in [2.75, 3.05) is 37.4 Å². The third-order valence-corrected chi connectivity index (χ3v) is 13.4. The number of rotatable bonds is 9. The van der Waals surface area contributed by atoms with Gasteiger partial charge in [-0.1, -0.05) is 87.3 Å². The van der Waals surface area contributed by atoms with Gasteiger partial charge in [-0.05, 0) is 145 Å². The van der Waals surface area contributed by atoms with Crippen LogP contribution in [0.3, 0.4) is 0 Å². The largest absolute Gasteiger partial charge is 0.390 e. The number of carbonyl (C=O) groups is 4. The first-order valence-corrected chi connectivity index (χ1v) is 24.3. The molecule has 12 nitrogen and oxygen atoms in total. The van der Waals surface area contributed by atoms with Crippen molar-refractivity contribution in [3.63, 3.8) is 0 Å². The zero-order chi connectivity index (χ0) is 49.7. The van der Waals surface area contributed by atoms with E-state index < -0.39 is 42.2 Å². The third kappa shape index (κ3) is 12.7. The smallest absolute Gasteiger partial charge is 0.384 e. The Kier molecular flexibility index (Phi) is 16.6. The van der Waals surface area contributed by atoms with E-state index in [1.54, 1.807) is 25.1 Å². The van der Waals surface area contributed by atoms with Crippen LogP contribution in [0.25, 0.3) is 0 Å². The van der Waals surface area contributed by atoms with Gasteiger partial charge in [-0.3, -0.25) is 19.2 Å². The second-order valence-electron chi connectivity index (χ2n) is 17.8. The van der Waals surface area contributed by atoms with E-state index in [9.17, 15) is 32.3 Å². The van der Waals surface area contributed by atoms with Crippen LogP contribution in [0, 0.1) is 27.7 Å². The summed E-state index contributed by atoms with van der Waals surface area (Å²) in [6, 6.07) is 22.4. The fourth-order valence-electron chi connectivity index (χ4n) is 8.09. The average Bonchev–Trinajstić information content (AvgIpc) is 4.09. The van der Waals surface area contributed by atoms with E-state index in [0.29, 0.717) is 39.6 Å². The fourth-order valence-corrected chi connectivity index (χ4v) is 8.67. The average molecular weight is 1090 g/mol. The van der Waals surface area contributed by atoms with Gasteiger partial charge in [0.15, 0.2) is 11.2 Å². The van der Waals surface area contributed by atoms with Crippen molar-refractivity contribution in [3.8, 4) is 0 Å². The molecule has 2 unspecified atom stereocenters. The Balaban J connectivity index is 0.000000211. The van der Waals surface area contributed by atoms with Crippen LogP contribution in [0.15, 0.2) is 83.1 Å². The van der Waals surface area contributed by atoms with Gasteiger partial charge in [-0.25, -0.2) is 0 Å². The predicted molar refractivity (Wildman–Crippen MR) is 265 cm³/mol. The number of nitrogens with one attached hydrogen (secondary N) is 1. The van der Waals surface area contributed by atoms with Crippen LogP contribution in [-0.2, 0) is 30.5 Å². The second-order valence-corrected chi connectivity index (χ2v) is 19.7. The van der Waals surface area contributed by atoms with Crippen LogP contribution in [-0.4, -0.2) is 93.3 Å². The molecule has 68 heavy (non-hydrogen) atoms. The molecule has 0 spiro atoms. The maximum atomic E-state index is 13.0. The zero-order valence-electron chi connectivity index (χ0n) is 39.0. The Bertz CT molecular complexity index is 2620. The summed E-state index contributed by atoms with van der Waals surface area (Å²) >= 11 is 14.8. The van der Waals surface area contributed by atoms with Gasteiger partial charge in [-0.15, -0.1) is 0 Å². The van der Waals surface area contributed by atoms with Crippen molar-refractivity contribution in [3.05, 3.63) is 138 Å². The molecule has 4 amide bonds. The molecule has 0 radical (unpaired) electrons. The number of alkyl halides is 4. The van der Waals surface area contributed by atoms with Crippen LogP contribution in [0.2, 0.25) is 10.0 Å². The van der Waals surface area contributed by atoms with Crippen molar-refractivity contribution in [1.29, 1.82) is 0 Å². The highest BCUT2D eigenvalue weighted by molar-refractivity contribution is 14.1. The van der Waals surface area contributed by atoms with Gasteiger partial charge in [0, 0.05) is 40.6 Å². The molecule has 0 aromatic heterocycles. The van der Waals surface area contributed by atoms with E-state index in [0.717, 1.165) is 55.3 Å². The number of benzene rings is 4. The maximum absolute atomic E-state index is 13.0. The quantitative estimate of drug-likeness (QED) is 0.131. The molecule has 0 saturated carbocycles. The van der Waals surface area contributed by atoms with E-state index in [-0.39, 0.29) is 38.2 Å². The van der Waals surface area contributed by atoms with E-state index in [1.807, 2.05) is 83.1 Å². The lowest BCUT2D eigenvalue weighted by Gasteiger charge is -2.22. The standard InChI is InChI=1S/C25H25ClF3N3O3.C22H22ClN3O3.C3H7I/c1-15-8-18(11-19(26)9-15)24(3)12-21(30-35-24)17-4-5-20(16(2)10-17)23(34)32-13-22(33)31(14-32)7-6-25(27,28)29;1-13-6-16(9-17(23)7-13)22(3)10-19(25-29-22)15-4-5-18(14(2)8-15)21(28)26-11-20(27)24-12-26;1-2-3-4/h4-5,8-11H,6-7,12-14H2,1-3H3;4-9H,10-12H2,1-3H3,(H,24,27);2-3H2,1H3. The Morgan fingerprint density at radius 3 is 1.62 bits per heavy atom. The summed E-state index contributed by atoms with van der Waals surface area (Å²) in [6.45, 7) is 13.2. The van der Waals surface area contributed by atoms with Crippen molar-refractivity contribution >= 4 is 80.8 Å². The second kappa shape index (κ2) is 21.6. The minimum absolute atomic E-state index is 0.0952. The first kappa shape index (κ1) is 52.2. The number of amides is 4. The van der Waals surface area contributed by atoms with Crippen LogP contribution < -0.4 is 5.32 Å². The lowest BCUT2D eigenvalue weighted by molar-refractivity contribution is -0.142. The van der Waals surface area contributed by atoms with E-state index in [1.165, 1.54) is 20.6 Å². The molecular formula is C50H54Cl2F3IN6O6. The molecule has 4 aromatic rings. The van der Waals surface area contributed by atoms with Crippen molar-refractivity contribution in [2.45, 2.75) is 91.5 Å². The molecule has 2 atom stereocenters. The molecule has 8 rings (SSSR count). The first-order valence-electron chi connectivity index (χ1n) is 22.0. The monoisotopic (exact) mass is 1090 g/mol. The molecule has 4 aromatic carbocycles. The highest BCUT2D eigenvalue weighted by atomic mass is 127. The van der Waals surface area contributed by atoms with Crippen molar-refractivity contribution in [1.82, 2.24) is 20.0 Å². The zero-order valence-corrected chi connectivity index (χ0v) is 42.6. The van der Waals surface area contributed by atoms with E-state index in [2.05, 4.69) is 51.2 Å². The van der Waals surface area contributed by atoms with Gasteiger partial charge in [-0.2, -0.15) is 13.2 Å². The molecule has 0 aliphatic carbocycles. The summed E-state index contributed by atoms with van der Waals surface area (Å²) in [4.78, 5) is 64.6. The van der Waals surface area contributed by atoms with Crippen LogP contribution in [0.5, 0.6) is 0 Å². The van der Waals surface area contributed by atoms with Gasteiger partial charge in [0.05, 0.1) is 31.2 Å². The topological polar surface area (TPSA) is 133 Å². The predicted octanol–water partition coefficient (Wildman–Crippen LogP) is 10.5. The molecule has 4 heterocycles. The third-order valence-electron chi connectivity index (χ3n) is 11.9. The summed E-state index contributed by atoms with van der Waals surface area (Å²) in [5, 5.41) is 12.5. The summed E-state index contributed by atoms with van der Waals surface area (Å²) in [7, 11) is 0. The fraction of sp³-hybridized carbons (Fsp3) is 0.400. The molecule has 18 heteroatoms. The number of hydrogen-bond donors (Lipinski definition) is 1. The summed E-state index contributed by atoms with van der Waals surface area (Å²) in [5.41, 5.74) is 8.44. The van der Waals surface area contributed by atoms with Gasteiger partial charge in [0.2, 0.25) is 11.8 Å². The van der Waals surface area contributed by atoms with Crippen molar-refractivity contribution < 1.29 is 42.0 Å². The summed E-state index contributed by atoms with van der Waals surface area (Å²) in [5.74, 6) is -1.19. The minimum Gasteiger partial charge on any atom is -0.384 e. The Labute approximate surface area is 418 Å². The highest BCUT2D eigenvalue weighted by Gasteiger charge is 2.40. The van der Waals surface area contributed by atoms with Crippen LogP contribution in [0.4, 0.5) is 13.2 Å². The summed E-state index contributed by atoms with van der Waals surface area (Å²) in [6.07, 6.45) is -3.05. The van der Waals surface area contributed by atoms with Gasteiger partial charge >= 0.3 is 6.18 Å². The van der Waals surface area contributed by atoms with E-state index in [4.69, 9.17) is 32.9 Å². The first-order chi connectivity index (χ1) is 32.0. The van der Waals surface area contributed by atoms with Gasteiger partial charge < -0.3 is 29.7 Å². The Hall–Kier alpha value is -5.20. The summed E-state index contributed by atoms with van der Waals surface area (Å²) < 4.78 is 38.8. The highest BCUT2D eigenvalue weighted by Crippen LogP contribution is 2.39.